The lowest BCUT2D eigenvalue weighted by atomic mass is 9.54. The van der Waals surface area contributed by atoms with Gasteiger partial charge >= 0.3 is 11.9 Å². The van der Waals surface area contributed by atoms with Gasteiger partial charge in [-0.2, -0.15) is 0 Å². The van der Waals surface area contributed by atoms with Crippen LogP contribution in [0.3, 0.4) is 0 Å². The van der Waals surface area contributed by atoms with Crippen LogP contribution in [0.15, 0.2) is 36.5 Å². The number of rotatable bonds is 11. The Labute approximate surface area is 164 Å². The molecule has 7 nitrogen and oxygen atoms in total. The molecule has 0 aromatic heterocycles. The molecule has 154 valence electrons. The highest BCUT2D eigenvalue weighted by Gasteiger charge is 2.61. The maximum Gasteiger partial charge on any atom is 0.314 e. The third kappa shape index (κ3) is 4.65. The van der Waals surface area contributed by atoms with Crippen LogP contribution < -0.4 is 0 Å². The highest BCUT2D eigenvalue weighted by atomic mass is 16.4. The van der Waals surface area contributed by atoms with Gasteiger partial charge in [0.25, 0.3) is 0 Å². The van der Waals surface area contributed by atoms with E-state index in [0.29, 0.717) is 6.42 Å². The van der Waals surface area contributed by atoms with Crippen LogP contribution in [0, 0.1) is 10.8 Å². The van der Waals surface area contributed by atoms with Crippen LogP contribution in [-0.2, 0) is 19.2 Å². The van der Waals surface area contributed by atoms with Crippen molar-refractivity contribution in [3.8, 4) is 0 Å². The fourth-order valence-corrected chi connectivity index (χ4v) is 3.76. The normalized spacial score (nSPS) is 25.0. The van der Waals surface area contributed by atoms with Crippen molar-refractivity contribution in [2.75, 3.05) is 0 Å². The number of aliphatic hydroxyl groups is 1. The molecule has 0 aromatic rings. The summed E-state index contributed by atoms with van der Waals surface area (Å²) in [7, 11) is 0. The first-order chi connectivity index (χ1) is 12.9. The SMILES string of the molecule is C=C(C)C(=O)CCC1(C(=O)O)C=CCCC1(CC(O)CC(=O)C(=C)C)C(=O)O. The van der Waals surface area contributed by atoms with Gasteiger partial charge in [-0.15, -0.1) is 0 Å². The van der Waals surface area contributed by atoms with E-state index >= 15 is 0 Å². The van der Waals surface area contributed by atoms with Crippen molar-refractivity contribution in [2.45, 2.75) is 58.5 Å². The molecule has 0 spiro atoms. The Kier molecular flexibility index (Phi) is 7.64. The highest BCUT2D eigenvalue weighted by molar-refractivity contribution is 5.96. The minimum atomic E-state index is -1.88. The number of carbonyl (C=O) groups excluding carboxylic acids is 2. The third-order valence-electron chi connectivity index (χ3n) is 5.49. The van der Waals surface area contributed by atoms with Crippen molar-refractivity contribution < 1.29 is 34.5 Å². The molecule has 0 aliphatic heterocycles. The fourth-order valence-electron chi connectivity index (χ4n) is 3.76. The van der Waals surface area contributed by atoms with Crippen LogP contribution >= 0.6 is 0 Å². The number of Topliss-reactive ketones (excluding diaryl/α,β-unsaturated/α-hetero) is 2. The van der Waals surface area contributed by atoms with Crippen molar-refractivity contribution in [1.82, 2.24) is 0 Å². The van der Waals surface area contributed by atoms with Crippen LogP contribution in [0.25, 0.3) is 0 Å². The van der Waals surface area contributed by atoms with Gasteiger partial charge in [0.1, 0.15) is 5.41 Å². The molecule has 0 amide bonds. The van der Waals surface area contributed by atoms with E-state index in [1.54, 1.807) is 6.08 Å². The number of carbonyl (C=O) groups is 4. The molecule has 3 atom stereocenters. The Hall–Kier alpha value is -2.54. The minimum absolute atomic E-state index is 0.0231. The second-order valence-corrected chi connectivity index (χ2v) is 7.57. The first-order valence-corrected chi connectivity index (χ1v) is 9.09. The summed E-state index contributed by atoms with van der Waals surface area (Å²) in [6, 6.07) is 0. The van der Waals surface area contributed by atoms with E-state index in [-0.39, 0.29) is 42.6 Å². The molecule has 0 saturated carbocycles. The van der Waals surface area contributed by atoms with E-state index in [2.05, 4.69) is 13.2 Å². The zero-order valence-electron chi connectivity index (χ0n) is 16.4. The number of hydrogen-bond acceptors (Lipinski definition) is 5. The van der Waals surface area contributed by atoms with Gasteiger partial charge in [-0.25, -0.2) is 0 Å². The second kappa shape index (κ2) is 9.10. The van der Waals surface area contributed by atoms with E-state index in [9.17, 15) is 34.5 Å². The maximum atomic E-state index is 12.3. The molecule has 0 bridgehead atoms. The van der Waals surface area contributed by atoms with Crippen molar-refractivity contribution in [3.05, 3.63) is 36.5 Å². The van der Waals surface area contributed by atoms with Crippen molar-refractivity contribution >= 4 is 23.5 Å². The van der Waals surface area contributed by atoms with Crippen molar-refractivity contribution in [2.24, 2.45) is 10.8 Å². The minimum Gasteiger partial charge on any atom is -0.481 e. The van der Waals surface area contributed by atoms with Gasteiger partial charge in [0.2, 0.25) is 0 Å². The average molecular weight is 392 g/mol. The number of carboxylic acids is 2. The molecule has 1 aliphatic carbocycles. The van der Waals surface area contributed by atoms with Crippen LogP contribution in [0.1, 0.15) is 52.4 Å². The lowest BCUT2D eigenvalue weighted by molar-refractivity contribution is -0.175. The molecule has 0 heterocycles. The van der Waals surface area contributed by atoms with E-state index in [1.807, 2.05) is 0 Å². The van der Waals surface area contributed by atoms with Gasteiger partial charge < -0.3 is 15.3 Å². The van der Waals surface area contributed by atoms with Gasteiger partial charge in [-0.3, -0.25) is 19.2 Å². The first kappa shape index (κ1) is 23.5. The third-order valence-corrected chi connectivity index (χ3v) is 5.49. The number of aliphatic carboxylic acids is 2. The highest BCUT2D eigenvalue weighted by Crippen LogP contribution is 2.54. The van der Waals surface area contributed by atoms with E-state index < -0.39 is 41.1 Å². The molecular weight excluding hydrogens is 364 g/mol. The molecule has 7 heteroatoms. The van der Waals surface area contributed by atoms with Crippen molar-refractivity contribution in [3.63, 3.8) is 0 Å². The molecule has 0 saturated heterocycles. The summed E-state index contributed by atoms with van der Waals surface area (Å²) < 4.78 is 0. The van der Waals surface area contributed by atoms with E-state index in [4.69, 9.17) is 0 Å². The summed E-state index contributed by atoms with van der Waals surface area (Å²) in [5.74, 6) is -3.52. The van der Waals surface area contributed by atoms with Gasteiger partial charge in [-0.1, -0.05) is 25.3 Å². The fraction of sp³-hybridized carbons (Fsp3) is 0.524. The van der Waals surface area contributed by atoms with E-state index in [1.165, 1.54) is 19.9 Å². The topological polar surface area (TPSA) is 129 Å². The van der Waals surface area contributed by atoms with Gasteiger partial charge in [0, 0.05) is 12.8 Å². The molecule has 3 N–H and O–H groups in total. The van der Waals surface area contributed by atoms with Gasteiger partial charge in [0.15, 0.2) is 11.6 Å². The molecular formula is C21H28O7. The number of hydrogen-bond donors (Lipinski definition) is 3. The summed E-state index contributed by atoms with van der Waals surface area (Å²) in [6.45, 7) is 10.0. The average Bonchev–Trinajstić information content (AvgIpc) is 2.59. The predicted molar refractivity (Wildman–Crippen MR) is 103 cm³/mol. The lowest BCUT2D eigenvalue weighted by Crippen LogP contribution is -2.54. The van der Waals surface area contributed by atoms with Crippen molar-refractivity contribution in [1.29, 1.82) is 0 Å². The zero-order valence-corrected chi connectivity index (χ0v) is 16.4. The zero-order chi connectivity index (χ0) is 21.7. The lowest BCUT2D eigenvalue weighted by Gasteiger charge is -2.46. The largest absolute Gasteiger partial charge is 0.481 e. The Morgan fingerprint density at radius 1 is 1.04 bits per heavy atom. The van der Waals surface area contributed by atoms with Crippen LogP contribution in [0.5, 0.6) is 0 Å². The summed E-state index contributed by atoms with van der Waals surface area (Å²) >= 11 is 0. The van der Waals surface area contributed by atoms with Crippen LogP contribution in [0.4, 0.5) is 0 Å². The standard InChI is InChI=1S/C21H28O7/c1-13(2)16(23)7-10-20(18(25)26)8-5-6-9-21(20,19(27)28)12-15(22)11-17(24)14(3)4/h5,8,15,22H,1,3,6-7,9-12H2,2,4H3,(H,25,26)(H,27,28). The quantitative estimate of drug-likeness (QED) is 0.364. The molecule has 0 fully saturated rings. The number of ketones is 2. The Morgan fingerprint density at radius 3 is 2.07 bits per heavy atom. The molecule has 1 rings (SSSR count). The number of aliphatic hydroxyl groups excluding tert-OH is 1. The van der Waals surface area contributed by atoms with Gasteiger partial charge in [-0.05, 0) is 50.7 Å². The van der Waals surface area contributed by atoms with Crippen LogP contribution in [0.2, 0.25) is 0 Å². The molecule has 3 unspecified atom stereocenters. The monoisotopic (exact) mass is 392 g/mol. The summed E-state index contributed by atoms with van der Waals surface area (Å²) in [5, 5.41) is 30.4. The molecule has 28 heavy (non-hydrogen) atoms. The smallest absolute Gasteiger partial charge is 0.314 e. The Bertz CT molecular complexity index is 733. The summed E-state index contributed by atoms with van der Waals surface area (Å²) in [4.78, 5) is 48.5. The Morgan fingerprint density at radius 2 is 1.61 bits per heavy atom. The summed E-state index contributed by atoms with van der Waals surface area (Å²) in [6.07, 6.45) is 0.690. The molecule has 0 aromatic carbocycles. The summed E-state index contributed by atoms with van der Waals surface area (Å²) in [5.41, 5.74) is -3.25. The maximum absolute atomic E-state index is 12.3. The predicted octanol–water partition coefficient (Wildman–Crippen LogP) is 2.69. The number of allylic oxidation sites excluding steroid dienone is 3. The number of carboxylic acid groups (broad SMARTS) is 2. The first-order valence-electron chi connectivity index (χ1n) is 9.09. The second-order valence-electron chi connectivity index (χ2n) is 7.57. The molecule has 1 aliphatic rings. The van der Waals surface area contributed by atoms with Crippen LogP contribution in [-0.4, -0.2) is 44.9 Å². The van der Waals surface area contributed by atoms with E-state index in [0.717, 1.165) is 0 Å². The Balaban J connectivity index is 3.35. The van der Waals surface area contributed by atoms with Gasteiger partial charge in [0.05, 0.1) is 11.5 Å². The molecule has 0 radical (unpaired) electrons.